The van der Waals surface area contributed by atoms with Crippen molar-refractivity contribution in [3.05, 3.63) is 36.0 Å². The van der Waals surface area contributed by atoms with Gasteiger partial charge in [-0.2, -0.15) is 0 Å². The molecule has 3 N–H and O–H groups in total. The van der Waals surface area contributed by atoms with Gasteiger partial charge in [0.1, 0.15) is 11.5 Å². The summed E-state index contributed by atoms with van der Waals surface area (Å²) in [5.41, 5.74) is 9.21. The zero-order chi connectivity index (χ0) is 13.9. The summed E-state index contributed by atoms with van der Waals surface area (Å²) in [5, 5.41) is 1.24. The summed E-state index contributed by atoms with van der Waals surface area (Å²) < 4.78 is 0. The Labute approximate surface area is 124 Å². The third-order valence-electron chi connectivity index (χ3n) is 5.66. The number of H-pyrrole nitrogens is 1. The van der Waals surface area contributed by atoms with Crippen LogP contribution in [-0.4, -0.2) is 16.5 Å². The van der Waals surface area contributed by atoms with E-state index in [0.717, 1.165) is 11.8 Å². The number of aromatic nitrogens is 1. The maximum Gasteiger partial charge on any atom is 0.144 e. The number of hydrogen-bond acceptors (Lipinski definition) is 3. The van der Waals surface area contributed by atoms with E-state index in [-0.39, 0.29) is 5.66 Å². The molecule has 1 aromatic carbocycles. The molecule has 4 aliphatic rings. The van der Waals surface area contributed by atoms with E-state index in [9.17, 15) is 0 Å². The predicted molar refractivity (Wildman–Crippen MR) is 83.9 cm³/mol. The minimum atomic E-state index is -0.0381. The van der Waals surface area contributed by atoms with Gasteiger partial charge in [0.25, 0.3) is 0 Å². The molecular formula is C17H20N4. The number of aliphatic imine (C=N–C) groups is 1. The molecule has 21 heavy (non-hydrogen) atoms. The number of nitrogens with one attached hydrogen (secondary N) is 3. The van der Waals surface area contributed by atoms with Crippen molar-refractivity contribution in [2.75, 3.05) is 0 Å². The highest BCUT2D eigenvalue weighted by Gasteiger charge is 2.49. The molecule has 6 rings (SSSR count). The van der Waals surface area contributed by atoms with Gasteiger partial charge in [0.15, 0.2) is 0 Å². The van der Waals surface area contributed by atoms with Crippen molar-refractivity contribution in [2.24, 2.45) is 16.8 Å². The molecule has 0 amide bonds. The van der Waals surface area contributed by atoms with Crippen LogP contribution in [0, 0.1) is 11.8 Å². The second-order valence-corrected chi connectivity index (χ2v) is 6.84. The molecular weight excluding hydrogens is 260 g/mol. The zero-order valence-corrected chi connectivity index (χ0v) is 12.0. The topological polar surface area (TPSA) is 52.2 Å². The van der Waals surface area contributed by atoms with Gasteiger partial charge in [0, 0.05) is 22.7 Å². The minimum Gasteiger partial charge on any atom is -0.361 e. The van der Waals surface area contributed by atoms with Crippen LogP contribution in [0.4, 0.5) is 0 Å². The van der Waals surface area contributed by atoms with Gasteiger partial charge in [0.2, 0.25) is 0 Å². The lowest BCUT2D eigenvalue weighted by atomic mass is 9.65. The van der Waals surface area contributed by atoms with E-state index in [0.29, 0.717) is 5.92 Å². The number of fused-ring (bicyclic) bond motifs is 3. The van der Waals surface area contributed by atoms with Crippen LogP contribution in [-0.2, 0) is 0 Å². The Morgan fingerprint density at radius 1 is 1.10 bits per heavy atom. The molecule has 0 radical (unpaired) electrons. The average Bonchev–Trinajstić information content (AvgIpc) is 3.15. The maximum atomic E-state index is 5.11. The van der Waals surface area contributed by atoms with E-state index < -0.39 is 0 Å². The molecule has 2 heterocycles. The molecule has 1 atom stereocenters. The van der Waals surface area contributed by atoms with Gasteiger partial charge in [-0.25, -0.2) is 10.4 Å². The van der Waals surface area contributed by atoms with E-state index in [1.54, 1.807) is 0 Å². The Balaban J connectivity index is 1.53. The molecule has 2 aromatic rings. The van der Waals surface area contributed by atoms with Crippen LogP contribution in [0.25, 0.3) is 10.9 Å². The summed E-state index contributed by atoms with van der Waals surface area (Å²) in [5.74, 6) is 2.56. The summed E-state index contributed by atoms with van der Waals surface area (Å²) in [6.07, 6.45) is 8.63. The van der Waals surface area contributed by atoms with Crippen LogP contribution in [0.2, 0.25) is 0 Å². The first kappa shape index (κ1) is 11.8. The lowest BCUT2D eigenvalue weighted by molar-refractivity contribution is 0.0506. The van der Waals surface area contributed by atoms with Crippen molar-refractivity contribution in [1.29, 1.82) is 0 Å². The molecule has 3 saturated carbocycles. The number of benzene rings is 1. The molecule has 1 aromatic heterocycles. The predicted octanol–water partition coefficient (Wildman–Crippen LogP) is 2.93. The van der Waals surface area contributed by atoms with E-state index in [1.807, 2.05) is 6.20 Å². The van der Waals surface area contributed by atoms with Crippen molar-refractivity contribution in [3.63, 3.8) is 0 Å². The van der Waals surface area contributed by atoms with Crippen molar-refractivity contribution >= 4 is 16.7 Å². The van der Waals surface area contributed by atoms with E-state index in [1.165, 1.54) is 48.6 Å². The highest BCUT2D eigenvalue weighted by atomic mass is 15.5. The van der Waals surface area contributed by atoms with Crippen molar-refractivity contribution < 1.29 is 0 Å². The third-order valence-corrected chi connectivity index (χ3v) is 5.66. The van der Waals surface area contributed by atoms with E-state index in [2.05, 4.69) is 40.1 Å². The van der Waals surface area contributed by atoms with Crippen LogP contribution in [0.1, 0.15) is 37.7 Å². The average molecular weight is 280 g/mol. The molecule has 108 valence electrons. The fourth-order valence-electron chi connectivity index (χ4n) is 4.50. The summed E-state index contributed by atoms with van der Waals surface area (Å²) in [7, 11) is 0. The maximum absolute atomic E-state index is 5.11. The highest BCUT2D eigenvalue weighted by Crippen LogP contribution is 2.48. The van der Waals surface area contributed by atoms with Gasteiger partial charge in [-0.15, -0.1) is 0 Å². The number of hydrogen-bond donors (Lipinski definition) is 3. The summed E-state index contributed by atoms with van der Waals surface area (Å²) in [6.45, 7) is 0. The van der Waals surface area contributed by atoms with Gasteiger partial charge in [-0.05, 0) is 68.2 Å². The molecule has 4 nitrogen and oxygen atoms in total. The standard InChI is InChI=1S/C17H20N4/c1-4-14-5-2-11(1)10-17(14)19-16(20-21-17)13-3-6-15-12(9-13)7-8-18-15/h3,6-9,11,14,18,21H,1-2,4-5,10H2,(H,19,20)/t11?,14?,17-/m1/s1. The van der Waals surface area contributed by atoms with Crippen molar-refractivity contribution in [3.8, 4) is 0 Å². The Kier molecular flexibility index (Phi) is 2.31. The molecule has 2 bridgehead atoms. The normalized spacial score (nSPS) is 34.4. The van der Waals surface area contributed by atoms with E-state index >= 15 is 0 Å². The monoisotopic (exact) mass is 280 g/mol. The molecule has 1 spiro atoms. The van der Waals surface area contributed by atoms with Crippen LogP contribution < -0.4 is 10.9 Å². The van der Waals surface area contributed by atoms with Gasteiger partial charge in [-0.3, -0.25) is 0 Å². The second kappa shape index (κ2) is 4.10. The molecule has 3 fully saturated rings. The smallest absolute Gasteiger partial charge is 0.144 e. The quantitative estimate of drug-likeness (QED) is 0.752. The largest absolute Gasteiger partial charge is 0.361 e. The Hall–Kier alpha value is -1.81. The number of amidine groups is 1. The van der Waals surface area contributed by atoms with Gasteiger partial charge in [-0.1, -0.05) is 0 Å². The lowest BCUT2D eigenvalue weighted by Crippen LogP contribution is -2.56. The number of hydrazine groups is 1. The second-order valence-electron chi connectivity index (χ2n) is 6.84. The summed E-state index contributed by atoms with van der Waals surface area (Å²) in [6, 6.07) is 8.60. The number of rotatable bonds is 1. The first-order chi connectivity index (χ1) is 10.3. The molecule has 4 heteroatoms. The Bertz CT molecular complexity index is 723. The Morgan fingerprint density at radius 3 is 2.81 bits per heavy atom. The fraction of sp³-hybridized carbons (Fsp3) is 0.471. The first-order valence-corrected chi connectivity index (χ1v) is 8.03. The third kappa shape index (κ3) is 1.69. The first-order valence-electron chi connectivity index (χ1n) is 8.03. The van der Waals surface area contributed by atoms with Crippen LogP contribution in [0.5, 0.6) is 0 Å². The zero-order valence-electron chi connectivity index (χ0n) is 12.0. The number of nitrogens with zero attached hydrogens (tertiary/aromatic N) is 1. The lowest BCUT2D eigenvalue weighted by Gasteiger charge is -2.47. The summed E-state index contributed by atoms with van der Waals surface area (Å²) in [4.78, 5) is 8.35. The van der Waals surface area contributed by atoms with E-state index in [4.69, 9.17) is 4.99 Å². The van der Waals surface area contributed by atoms with Gasteiger partial charge < -0.3 is 10.4 Å². The highest BCUT2D eigenvalue weighted by molar-refractivity contribution is 6.02. The van der Waals surface area contributed by atoms with Crippen LogP contribution >= 0.6 is 0 Å². The molecule has 0 saturated heterocycles. The molecule has 3 aliphatic carbocycles. The van der Waals surface area contributed by atoms with Crippen molar-refractivity contribution in [1.82, 2.24) is 15.8 Å². The van der Waals surface area contributed by atoms with Crippen LogP contribution in [0.15, 0.2) is 35.5 Å². The minimum absolute atomic E-state index is 0.0381. The number of aromatic amines is 1. The Morgan fingerprint density at radius 2 is 2.00 bits per heavy atom. The SMILES string of the molecule is c1cc2cc(C3=N[C@]4(CC5CCC4CC5)NN3)ccc2[nH]1. The molecule has 0 unspecified atom stereocenters. The fourth-order valence-corrected chi connectivity index (χ4v) is 4.50. The van der Waals surface area contributed by atoms with Crippen molar-refractivity contribution in [2.45, 2.75) is 37.8 Å². The van der Waals surface area contributed by atoms with Crippen LogP contribution in [0.3, 0.4) is 0 Å². The summed E-state index contributed by atoms with van der Waals surface area (Å²) >= 11 is 0. The van der Waals surface area contributed by atoms with Gasteiger partial charge in [0.05, 0.1) is 0 Å². The molecule has 1 aliphatic heterocycles. The van der Waals surface area contributed by atoms with Gasteiger partial charge >= 0.3 is 0 Å².